The van der Waals surface area contributed by atoms with Crippen LogP contribution >= 0.6 is 0 Å². The summed E-state index contributed by atoms with van der Waals surface area (Å²) >= 11 is 0. The predicted molar refractivity (Wildman–Crippen MR) is 98.3 cm³/mol. The molecule has 0 bridgehead atoms. The molecule has 8 nitrogen and oxygen atoms in total. The fraction of sp³-hybridized carbons (Fsp3) is 0.647. The maximum absolute atomic E-state index is 13.1. The first-order valence-electron chi connectivity index (χ1n) is 9.07. The molecule has 3 rings (SSSR count). The quantitative estimate of drug-likeness (QED) is 0.663. The van der Waals surface area contributed by atoms with Gasteiger partial charge in [0.25, 0.3) is 0 Å². The summed E-state index contributed by atoms with van der Waals surface area (Å²) in [4.78, 5) is 16.7. The second kappa shape index (κ2) is 7.99. The lowest BCUT2D eigenvalue weighted by molar-refractivity contribution is -0.126. The number of hydrogen-bond donors (Lipinski definition) is 3. The first kappa shape index (κ1) is 19.2. The molecular formula is C17H27N5O3S. The van der Waals surface area contributed by atoms with Crippen molar-refractivity contribution >= 4 is 15.9 Å². The fourth-order valence-electron chi connectivity index (χ4n) is 3.76. The maximum Gasteiger partial charge on any atom is 0.224 e. The Bertz CT molecular complexity index is 717. The summed E-state index contributed by atoms with van der Waals surface area (Å²) in [5.74, 6) is -0.436. The first-order chi connectivity index (χ1) is 12.4. The number of carbonyl (C=O) groups excluding carboxylic acids is 1. The van der Waals surface area contributed by atoms with Crippen molar-refractivity contribution in [2.24, 2.45) is 5.92 Å². The molecule has 0 radical (unpaired) electrons. The number of aromatic nitrogens is 1. The molecule has 3 unspecified atom stereocenters. The Hall–Kier alpha value is -1.55. The molecular weight excluding hydrogens is 354 g/mol. The Morgan fingerprint density at radius 2 is 2.04 bits per heavy atom. The van der Waals surface area contributed by atoms with Crippen molar-refractivity contribution in [3.05, 3.63) is 30.1 Å². The molecule has 1 aromatic rings. The van der Waals surface area contributed by atoms with Crippen molar-refractivity contribution in [2.45, 2.75) is 50.6 Å². The Morgan fingerprint density at radius 1 is 1.31 bits per heavy atom. The summed E-state index contributed by atoms with van der Waals surface area (Å²) in [5.41, 5.74) is 6.77. The summed E-state index contributed by atoms with van der Waals surface area (Å²) in [7, 11) is -3.48. The largest absolute Gasteiger partial charge is 0.350 e. The van der Waals surface area contributed by atoms with Crippen LogP contribution in [0.1, 0.15) is 32.4 Å². The van der Waals surface area contributed by atoms with E-state index in [0.29, 0.717) is 25.9 Å². The van der Waals surface area contributed by atoms with E-state index in [4.69, 9.17) is 0 Å². The Balaban J connectivity index is 1.62. The molecule has 2 saturated heterocycles. The zero-order chi connectivity index (χ0) is 18.7. The van der Waals surface area contributed by atoms with Crippen LogP contribution < -0.4 is 16.2 Å². The van der Waals surface area contributed by atoms with Gasteiger partial charge in [-0.05, 0) is 38.8 Å². The number of pyridine rings is 1. The smallest absolute Gasteiger partial charge is 0.224 e. The highest BCUT2D eigenvalue weighted by Gasteiger charge is 2.45. The molecule has 0 spiro atoms. The second-order valence-electron chi connectivity index (χ2n) is 7.11. The van der Waals surface area contributed by atoms with Crippen LogP contribution in [-0.2, 0) is 21.4 Å². The van der Waals surface area contributed by atoms with Crippen LogP contribution in [-0.4, -0.2) is 54.0 Å². The van der Waals surface area contributed by atoms with Crippen molar-refractivity contribution in [2.75, 3.05) is 13.1 Å². The minimum absolute atomic E-state index is 0.112. The Labute approximate surface area is 154 Å². The van der Waals surface area contributed by atoms with Crippen molar-refractivity contribution in [3.8, 4) is 0 Å². The van der Waals surface area contributed by atoms with Crippen molar-refractivity contribution < 1.29 is 13.2 Å². The van der Waals surface area contributed by atoms with E-state index in [1.165, 1.54) is 4.31 Å². The molecule has 1 amide bonds. The predicted octanol–water partition coefficient (Wildman–Crippen LogP) is -0.00700. The Kier molecular flexibility index (Phi) is 5.91. The first-order valence-corrected chi connectivity index (χ1v) is 10.6. The highest BCUT2D eigenvalue weighted by Crippen LogP contribution is 2.25. The van der Waals surface area contributed by atoms with Gasteiger partial charge in [0.2, 0.25) is 15.9 Å². The van der Waals surface area contributed by atoms with Gasteiger partial charge >= 0.3 is 0 Å². The summed E-state index contributed by atoms with van der Waals surface area (Å²) in [6.07, 6.45) is 3.08. The average molecular weight is 382 g/mol. The summed E-state index contributed by atoms with van der Waals surface area (Å²) in [5, 5.41) is 2.35. The number of amides is 1. The van der Waals surface area contributed by atoms with E-state index in [1.54, 1.807) is 6.20 Å². The van der Waals surface area contributed by atoms with Crippen LogP contribution in [0.5, 0.6) is 0 Å². The molecule has 2 fully saturated rings. The zero-order valence-electron chi connectivity index (χ0n) is 15.2. The summed E-state index contributed by atoms with van der Waals surface area (Å²) < 4.78 is 27.6. The lowest BCUT2D eigenvalue weighted by atomic mass is 9.99. The highest BCUT2D eigenvalue weighted by molar-refractivity contribution is 7.89. The van der Waals surface area contributed by atoms with E-state index in [9.17, 15) is 13.2 Å². The molecule has 26 heavy (non-hydrogen) atoms. The van der Waals surface area contributed by atoms with E-state index in [1.807, 2.05) is 32.0 Å². The van der Waals surface area contributed by atoms with Crippen LogP contribution in [0.15, 0.2) is 24.4 Å². The van der Waals surface area contributed by atoms with E-state index in [-0.39, 0.29) is 30.5 Å². The van der Waals surface area contributed by atoms with Crippen LogP contribution in [0.25, 0.3) is 0 Å². The molecule has 0 saturated carbocycles. The number of sulfonamides is 1. The number of hydrogen-bond acceptors (Lipinski definition) is 6. The third-order valence-corrected chi connectivity index (χ3v) is 7.71. The number of nitrogens with zero attached hydrogens (tertiary/aromatic N) is 2. The van der Waals surface area contributed by atoms with Crippen molar-refractivity contribution in [3.63, 3.8) is 0 Å². The average Bonchev–Trinajstić information content (AvgIpc) is 2.99. The van der Waals surface area contributed by atoms with Crippen LogP contribution in [0.3, 0.4) is 0 Å². The highest BCUT2D eigenvalue weighted by atomic mass is 32.2. The molecule has 3 heterocycles. The number of nitrogens with one attached hydrogen (secondary N) is 3. The summed E-state index contributed by atoms with van der Waals surface area (Å²) in [6.45, 7) is 4.79. The van der Waals surface area contributed by atoms with Gasteiger partial charge in [-0.3, -0.25) is 20.6 Å². The van der Waals surface area contributed by atoms with Gasteiger partial charge in [-0.15, -0.1) is 0 Å². The SMILES string of the molecule is CC1NNC(C)C1S(=O)(=O)N1CCCC(C(=O)NCc2ccccn2)C1. The molecule has 3 N–H and O–H groups in total. The lowest BCUT2D eigenvalue weighted by Gasteiger charge is -2.34. The number of piperidine rings is 1. The Morgan fingerprint density at radius 3 is 2.69 bits per heavy atom. The lowest BCUT2D eigenvalue weighted by Crippen LogP contribution is -2.52. The van der Waals surface area contributed by atoms with Gasteiger partial charge in [0.1, 0.15) is 5.25 Å². The molecule has 144 valence electrons. The maximum atomic E-state index is 13.1. The van der Waals surface area contributed by atoms with E-state index in [0.717, 1.165) is 5.69 Å². The molecule has 9 heteroatoms. The third-order valence-electron chi connectivity index (χ3n) is 5.15. The van der Waals surface area contributed by atoms with Crippen molar-refractivity contribution in [1.29, 1.82) is 0 Å². The van der Waals surface area contributed by atoms with Gasteiger partial charge < -0.3 is 5.32 Å². The number of carbonyl (C=O) groups is 1. The second-order valence-corrected chi connectivity index (χ2v) is 9.20. The van der Waals surface area contributed by atoms with Gasteiger partial charge in [-0.2, -0.15) is 0 Å². The van der Waals surface area contributed by atoms with Gasteiger partial charge in [0.15, 0.2) is 0 Å². The zero-order valence-corrected chi connectivity index (χ0v) is 16.0. The molecule has 2 aliphatic heterocycles. The monoisotopic (exact) mass is 381 g/mol. The normalized spacial score (nSPS) is 30.2. The number of rotatable bonds is 5. The van der Waals surface area contributed by atoms with Crippen LogP contribution in [0.2, 0.25) is 0 Å². The van der Waals surface area contributed by atoms with Crippen LogP contribution in [0, 0.1) is 5.92 Å². The third kappa shape index (κ3) is 4.06. The van der Waals surface area contributed by atoms with E-state index < -0.39 is 15.3 Å². The minimum atomic E-state index is -3.48. The van der Waals surface area contributed by atoms with Gasteiger partial charge in [0, 0.05) is 31.4 Å². The molecule has 1 aromatic heterocycles. The van der Waals surface area contributed by atoms with Gasteiger partial charge in [-0.25, -0.2) is 12.7 Å². The fourth-order valence-corrected chi connectivity index (χ4v) is 6.04. The van der Waals surface area contributed by atoms with Crippen molar-refractivity contribution in [1.82, 2.24) is 25.5 Å². The summed E-state index contributed by atoms with van der Waals surface area (Å²) in [6, 6.07) is 5.20. The number of hydrazine groups is 1. The standard InChI is InChI=1S/C17H27N5O3S/c1-12-16(13(2)21-20-12)26(24,25)22-9-5-6-14(11-22)17(23)19-10-15-7-3-4-8-18-15/h3-4,7-8,12-14,16,20-21H,5-6,9-11H2,1-2H3,(H,19,23). The van der Waals surface area contributed by atoms with Crippen LogP contribution in [0.4, 0.5) is 0 Å². The molecule has 0 aliphatic carbocycles. The molecule has 2 aliphatic rings. The minimum Gasteiger partial charge on any atom is -0.350 e. The van der Waals surface area contributed by atoms with E-state index >= 15 is 0 Å². The van der Waals surface area contributed by atoms with Gasteiger partial charge in [-0.1, -0.05) is 6.07 Å². The molecule has 0 aromatic carbocycles. The molecule has 3 atom stereocenters. The van der Waals surface area contributed by atoms with Gasteiger partial charge in [0.05, 0.1) is 18.2 Å². The topological polar surface area (TPSA) is 103 Å². The van der Waals surface area contributed by atoms with E-state index in [2.05, 4.69) is 21.2 Å².